The Kier molecular flexibility index (Phi) is 6.47. The number of thiophene rings is 1. The van der Waals surface area contributed by atoms with Crippen LogP contribution < -0.4 is 10.6 Å². The lowest BCUT2D eigenvalue weighted by Crippen LogP contribution is -2.39. The minimum atomic E-state index is -0.952. The molecule has 2 heterocycles. The van der Waals surface area contributed by atoms with E-state index in [1.165, 1.54) is 0 Å². The van der Waals surface area contributed by atoms with Crippen molar-refractivity contribution >= 4 is 28.3 Å². The Bertz CT molecular complexity index is 870. The van der Waals surface area contributed by atoms with Gasteiger partial charge in [-0.3, -0.25) is 0 Å². The molecule has 3 aromatic rings. The summed E-state index contributed by atoms with van der Waals surface area (Å²) in [5, 5.41) is 19.2. The van der Waals surface area contributed by atoms with Gasteiger partial charge < -0.3 is 20.3 Å². The van der Waals surface area contributed by atoms with Gasteiger partial charge in [-0.25, -0.2) is 9.98 Å². The number of fused-ring (bicyclic) bond motifs is 1. The number of hydrogen-bond donors (Lipinski definition) is 3. The predicted octanol–water partition coefficient (Wildman–Crippen LogP) is 2.95. The topological polar surface area (TPSA) is 74.5 Å². The van der Waals surface area contributed by atoms with Crippen molar-refractivity contribution in [1.29, 1.82) is 0 Å². The van der Waals surface area contributed by atoms with E-state index in [0.717, 1.165) is 47.9 Å². The molecule has 144 valence electrons. The monoisotopic (exact) mass is 385 g/mol. The number of aliphatic imine (C=N–C) groups is 1. The first-order valence-electron chi connectivity index (χ1n) is 9.28. The van der Waals surface area contributed by atoms with Gasteiger partial charge in [0.15, 0.2) is 5.96 Å². The van der Waals surface area contributed by atoms with E-state index in [1.54, 1.807) is 18.3 Å². The van der Waals surface area contributed by atoms with Gasteiger partial charge in [-0.05, 0) is 43.8 Å². The second kappa shape index (κ2) is 9.01. The van der Waals surface area contributed by atoms with E-state index in [0.29, 0.717) is 6.54 Å². The molecule has 0 saturated carbocycles. The number of rotatable bonds is 8. The van der Waals surface area contributed by atoms with Gasteiger partial charge in [0, 0.05) is 24.5 Å². The maximum Gasteiger partial charge on any atom is 0.191 e. The highest BCUT2D eigenvalue weighted by Crippen LogP contribution is 2.25. The van der Waals surface area contributed by atoms with Gasteiger partial charge in [-0.15, -0.1) is 11.3 Å². The number of nitrogens with one attached hydrogen (secondary N) is 2. The second-order valence-corrected chi connectivity index (χ2v) is 7.60. The van der Waals surface area contributed by atoms with Crippen LogP contribution in [0.1, 0.15) is 25.1 Å². The summed E-state index contributed by atoms with van der Waals surface area (Å²) in [5.41, 5.74) is 1.23. The van der Waals surface area contributed by atoms with Gasteiger partial charge in [-0.1, -0.05) is 18.2 Å². The van der Waals surface area contributed by atoms with Crippen LogP contribution in [0, 0.1) is 0 Å². The van der Waals surface area contributed by atoms with Crippen molar-refractivity contribution in [3.05, 3.63) is 53.0 Å². The molecule has 0 amide bonds. The lowest BCUT2D eigenvalue weighted by atomic mass is 10.1. The molecule has 0 saturated heterocycles. The van der Waals surface area contributed by atoms with Gasteiger partial charge in [0.25, 0.3) is 0 Å². The van der Waals surface area contributed by atoms with Crippen LogP contribution in [0.4, 0.5) is 0 Å². The van der Waals surface area contributed by atoms with Gasteiger partial charge in [0.05, 0.1) is 23.9 Å². The first kappa shape index (κ1) is 19.4. The highest BCUT2D eigenvalue weighted by atomic mass is 32.1. The van der Waals surface area contributed by atoms with E-state index in [4.69, 9.17) is 0 Å². The Morgan fingerprint density at radius 3 is 2.89 bits per heavy atom. The number of nitrogens with zero attached hydrogens (tertiary/aromatic N) is 3. The highest BCUT2D eigenvalue weighted by molar-refractivity contribution is 7.10. The zero-order valence-corrected chi connectivity index (χ0v) is 16.7. The lowest BCUT2D eigenvalue weighted by Gasteiger charge is -2.20. The number of aromatic nitrogens is 2. The normalized spacial score (nSPS) is 14.3. The van der Waals surface area contributed by atoms with Crippen LogP contribution in [0.3, 0.4) is 0 Å². The fourth-order valence-electron chi connectivity index (χ4n) is 2.88. The molecule has 27 heavy (non-hydrogen) atoms. The summed E-state index contributed by atoms with van der Waals surface area (Å²) in [6.45, 7) is 6.61. The van der Waals surface area contributed by atoms with Crippen LogP contribution in [0.2, 0.25) is 0 Å². The van der Waals surface area contributed by atoms with E-state index in [1.807, 2.05) is 49.0 Å². The van der Waals surface area contributed by atoms with E-state index in [2.05, 4.69) is 31.2 Å². The molecule has 3 N–H and O–H groups in total. The van der Waals surface area contributed by atoms with E-state index in [9.17, 15) is 5.11 Å². The zero-order valence-electron chi connectivity index (χ0n) is 15.9. The second-order valence-electron chi connectivity index (χ2n) is 6.65. The molecular formula is C20H27N5OS. The summed E-state index contributed by atoms with van der Waals surface area (Å²) in [6, 6.07) is 12.0. The minimum absolute atomic E-state index is 0.314. The molecule has 1 aromatic carbocycles. The molecule has 0 bridgehead atoms. The Morgan fingerprint density at radius 2 is 2.11 bits per heavy atom. The van der Waals surface area contributed by atoms with Crippen LogP contribution in [0.5, 0.6) is 0 Å². The van der Waals surface area contributed by atoms with Gasteiger partial charge in [0.2, 0.25) is 0 Å². The molecule has 0 aliphatic rings. The van der Waals surface area contributed by atoms with Gasteiger partial charge in [-0.2, -0.15) is 0 Å². The Balaban J connectivity index is 1.52. The van der Waals surface area contributed by atoms with Crippen molar-refractivity contribution < 1.29 is 5.11 Å². The molecule has 0 aliphatic carbocycles. The standard InChI is InChI=1S/C20H27N5OS/c1-3-21-19(23-14-20(2,26)18-10-6-13-27-18)22-11-7-12-25-15-24-16-8-4-5-9-17(16)25/h4-6,8-10,13,15,26H,3,7,11-12,14H2,1-2H3,(H2,21,22,23). The number of aryl methyl sites for hydroxylation is 1. The fourth-order valence-corrected chi connectivity index (χ4v) is 3.66. The lowest BCUT2D eigenvalue weighted by molar-refractivity contribution is 0.0711. The molecule has 1 unspecified atom stereocenters. The van der Waals surface area contributed by atoms with Crippen molar-refractivity contribution in [2.45, 2.75) is 32.4 Å². The Labute approximate surface area is 164 Å². The SMILES string of the molecule is CCNC(=NCC(C)(O)c1cccs1)NCCCn1cnc2ccccc21. The van der Waals surface area contributed by atoms with E-state index < -0.39 is 5.60 Å². The Morgan fingerprint density at radius 1 is 1.26 bits per heavy atom. The molecule has 1 atom stereocenters. The maximum absolute atomic E-state index is 10.6. The van der Waals surface area contributed by atoms with Crippen LogP contribution in [-0.4, -0.2) is 40.3 Å². The van der Waals surface area contributed by atoms with E-state index >= 15 is 0 Å². The molecule has 3 rings (SSSR count). The number of imidazole rings is 1. The third-order valence-corrected chi connectivity index (χ3v) is 5.46. The van der Waals surface area contributed by atoms with Crippen molar-refractivity contribution in [2.24, 2.45) is 4.99 Å². The smallest absolute Gasteiger partial charge is 0.191 e. The Hall–Kier alpha value is -2.38. The van der Waals surface area contributed by atoms with Crippen molar-refractivity contribution in [1.82, 2.24) is 20.2 Å². The molecule has 2 aromatic heterocycles. The van der Waals surface area contributed by atoms with Crippen LogP contribution in [-0.2, 0) is 12.1 Å². The number of guanidine groups is 1. The zero-order chi connectivity index (χ0) is 19.1. The maximum atomic E-state index is 10.6. The first-order valence-corrected chi connectivity index (χ1v) is 10.2. The minimum Gasteiger partial charge on any atom is -0.383 e. The number of aliphatic hydroxyl groups is 1. The molecule has 7 heteroatoms. The largest absolute Gasteiger partial charge is 0.383 e. The van der Waals surface area contributed by atoms with Crippen LogP contribution >= 0.6 is 11.3 Å². The summed E-state index contributed by atoms with van der Waals surface area (Å²) < 4.78 is 2.17. The number of benzene rings is 1. The summed E-state index contributed by atoms with van der Waals surface area (Å²) in [7, 11) is 0. The van der Waals surface area contributed by atoms with Crippen molar-refractivity contribution in [2.75, 3.05) is 19.6 Å². The number of hydrogen-bond acceptors (Lipinski definition) is 4. The molecule has 6 nitrogen and oxygen atoms in total. The summed E-state index contributed by atoms with van der Waals surface area (Å²) in [5.74, 6) is 0.727. The number of para-hydroxylation sites is 2. The average molecular weight is 386 g/mol. The molecular weight excluding hydrogens is 358 g/mol. The third-order valence-electron chi connectivity index (χ3n) is 4.34. The molecule has 0 aliphatic heterocycles. The van der Waals surface area contributed by atoms with Crippen molar-refractivity contribution in [3.8, 4) is 0 Å². The third kappa shape index (κ3) is 5.08. The summed E-state index contributed by atoms with van der Waals surface area (Å²) >= 11 is 1.55. The van der Waals surface area contributed by atoms with Gasteiger partial charge >= 0.3 is 0 Å². The van der Waals surface area contributed by atoms with E-state index in [-0.39, 0.29) is 0 Å². The first-order chi connectivity index (χ1) is 13.1. The summed E-state index contributed by atoms with van der Waals surface area (Å²) in [4.78, 5) is 9.91. The summed E-state index contributed by atoms with van der Waals surface area (Å²) in [6.07, 6.45) is 2.84. The highest BCUT2D eigenvalue weighted by Gasteiger charge is 2.23. The van der Waals surface area contributed by atoms with Crippen molar-refractivity contribution in [3.63, 3.8) is 0 Å². The van der Waals surface area contributed by atoms with Crippen LogP contribution in [0.15, 0.2) is 53.1 Å². The molecule has 0 spiro atoms. The molecule has 0 fully saturated rings. The van der Waals surface area contributed by atoms with Crippen LogP contribution in [0.25, 0.3) is 11.0 Å². The predicted molar refractivity (Wildman–Crippen MR) is 112 cm³/mol. The average Bonchev–Trinajstić information content (AvgIpc) is 3.34. The quantitative estimate of drug-likeness (QED) is 0.317. The van der Waals surface area contributed by atoms with Gasteiger partial charge in [0.1, 0.15) is 5.60 Å². The molecule has 0 radical (unpaired) electrons. The fraction of sp³-hybridized carbons (Fsp3) is 0.400.